The van der Waals surface area contributed by atoms with Crippen LogP contribution in [-0.4, -0.2) is 52.8 Å². The summed E-state index contributed by atoms with van der Waals surface area (Å²) in [6, 6.07) is 6.77. The Hall–Kier alpha value is -2.49. The lowest BCUT2D eigenvalue weighted by atomic mass is 10.2. The predicted molar refractivity (Wildman–Crippen MR) is 109 cm³/mol. The van der Waals surface area contributed by atoms with Crippen LogP contribution in [0, 0.1) is 6.92 Å². The van der Waals surface area contributed by atoms with E-state index in [-0.39, 0.29) is 17.6 Å². The lowest BCUT2D eigenvalue weighted by Gasteiger charge is -2.34. The summed E-state index contributed by atoms with van der Waals surface area (Å²) in [5.74, 6) is -0.0721. The van der Waals surface area contributed by atoms with Gasteiger partial charge in [0, 0.05) is 38.1 Å². The minimum Gasteiger partial charge on any atom is -0.459 e. The Balaban J connectivity index is 1.30. The number of aryl methyl sites for hydroxylation is 1. The number of piperazine rings is 1. The molecule has 3 aromatic rings. The van der Waals surface area contributed by atoms with Gasteiger partial charge in [0.25, 0.3) is 11.8 Å². The van der Waals surface area contributed by atoms with Gasteiger partial charge in [-0.1, -0.05) is 0 Å². The predicted octanol–water partition coefficient (Wildman–Crippen LogP) is 3.32. The number of thiazole rings is 1. The zero-order valence-corrected chi connectivity index (χ0v) is 17.0. The van der Waals surface area contributed by atoms with Gasteiger partial charge in [0.1, 0.15) is 0 Å². The number of anilines is 1. The van der Waals surface area contributed by atoms with Crippen LogP contribution < -0.4 is 5.32 Å². The summed E-state index contributed by atoms with van der Waals surface area (Å²) in [7, 11) is 0. The molecule has 0 atom stereocenters. The van der Waals surface area contributed by atoms with Crippen LogP contribution in [0.25, 0.3) is 0 Å². The highest BCUT2D eigenvalue weighted by Gasteiger charge is 2.24. The molecule has 0 unspecified atom stereocenters. The van der Waals surface area contributed by atoms with E-state index in [1.165, 1.54) is 17.6 Å². The monoisotopic (exact) mass is 416 g/mol. The Morgan fingerprint density at radius 1 is 1.21 bits per heavy atom. The van der Waals surface area contributed by atoms with Crippen molar-refractivity contribution in [3.63, 3.8) is 0 Å². The van der Waals surface area contributed by atoms with Crippen molar-refractivity contribution in [1.82, 2.24) is 14.8 Å². The van der Waals surface area contributed by atoms with Crippen molar-refractivity contribution < 1.29 is 14.0 Å². The van der Waals surface area contributed by atoms with Gasteiger partial charge >= 0.3 is 0 Å². The molecular weight excluding hydrogens is 396 g/mol. The van der Waals surface area contributed by atoms with Gasteiger partial charge < -0.3 is 14.6 Å². The molecule has 0 aliphatic carbocycles. The van der Waals surface area contributed by atoms with Gasteiger partial charge in [-0.15, -0.1) is 22.7 Å². The lowest BCUT2D eigenvalue weighted by Crippen LogP contribution is -2.48. The highest BCUT2D eigenvalue weighted by atomic mass is 32.1. The summed E-state index contributed by atoms with van der Waals surface area (Å²) in [4.78, 5) is 34.1. The van der Waals surface area contributed by atoms with Crippen LogP contribution in [0.1, 0.15) is 30.9 Å². The number of carbonyl (C=O) groups excluding carboxylic acids is 2. The Morgan fingerprint density at radius 2 is 2.04 bits per heavy atom. The normalized spacial score (nSPS) is 15.0. The van der Waals surface area contributed by atoms with Crippen LogP contribution in [-0.2, 0) is 6.54 Å². The van der Waals surface area contributed by atoms with Gasteiger partial charge in [0.2, 0.25) is 0 Å². The van der Waals surface area contributed by atoms with Gasteiger partial charge in [-0.3, -0.25) is 14.5 Å². The van der Waals surface area contributed by atoms with Gasteiger partial charge in [-0.2, -0.15) is 0 Å². The first-order chi connectivity index (χ1) is 13.6. The van der Waals surface area contributed by atoms with Crippen LogP contribution in [0.3, 0.4) is 0 Å². The molecule has 4 heterocycles. The van der Waals surface area contributed by atoms with Gasteiger partial charge in [-0.05, 0) is 31.2 Å². The molecule has 0 saturated carbocycles. The minimum absolute atomic E-state index is 0.00708. The van der Waals surface area contributed by atoms with Crippen LogP contribution in [0.2, 0.25) is 0 Å². The van der Waals surface area contributed by atoms with E-state index < -0.39 is 0 Å². The SMILES string of the molecule is Cc1nc(CN2CCN(C(=O)c3ccc(NC(=O)c4ccco4)s3)CC2)cs1. The molecule has 1 N–H and O–H groups in total. The van der Waals surface area contributed by atoms with E-state index in [1.54, 1.807) is 35.6 Å². The standard InChI is InChI=1S/C19H20N4O3S2/c1-13-20-14(12-27-13)11-22-6-8-23(9-7-22)19(25)16-4-5-17(28-16)21-18(24)15-3-2-10-26-15/h2-5,10,12H,6-9,11H2,1H3,(H,21,24). The molecule has 0 radical (unpaired) electrons. The molecule has 2 amide bonds. The molecule has 146 valence electrons. The molecule has 3 aromatic heterocycles. The van der Waals surface area contributed by atoms with E-state index in [9.17, 15) is 9.59 Å². The van der Waals surface area contributed by atoms with Crippen LogP contribution in [0.15, 0.2) is 40.3 Å². The minimum atomic E-state index is -0.322. The van der Waals surface area contributed by atoms with E-state index in [0.29, 0.717) is 23.0 Å². The molecule has 1 aliphatic rings. The van der Waals surface area contributed by atoms with E-state index in [4.69, 9.17) is 4.42 Å². The second-order valence-electron chi connectivity index (χ2n) is 6.52. The number of carbonyl (C=O) groups is 2. The first kappa shape index (κ1) is 18.9. The molecule has 0 spiro atoms. The molecule has 0 aromatic carbocycles. The van der Waals surface area contributed by atoms with Crippen molar-refractivity contribution in [2.24, 2.45) is 0 Å². The van der Waals surface area contributed by atoms with Crippen LogP contribution in [0.5, 0.6) is 0 Å². The van der Waals surface area contributed by atoms with Gasteiger partial charge in [0.15, 0.2) is 5.76 Å². The lowest BCUT2D eigenvalue weighted by molar-refractivity contribution is 0.0632. The third-order valence-corrected chi connectivity index (χ3v) is 6.32. The molecule has 9 heteroatoms. The number of thiophene rings is 1. The third-order valence-electron chi connectivity index (χ3n) is 4.51. The number of nitrogens with one attached hydrogen (secondary N) is 1. The molecule has 7 nitrogen and oxygen atoms in total. The van der Waals surface area contributed by atoms with Crippen molar-refractivity contribution in [2.75, 3.05) is 31.5 Å². The quantitative estimate of drug-likeness (QED) is 0.690. The summed E-state index contributed by atoms with van der Waals surface area (Å²) in [5.41, 5.74) is 1.09. The fourth-order valence-electron chi connectivity index (χ4n) is 3.08. The van der Waals surface area contributed by atoms with E-state index in [0.717, 1.165) is 30.3 Å². The van der Waals surface area contributed by atoms with Gasteiger partial charge in [-0.25, -0.2) is 4.98 Å². The maximum atomic E-state index is 12.8. The Morgan fingerprint density at radius 3 is 2.71 bits per heavy atom. The number of hydrogen-bond acceptors (Lipinski definition) is 7. The molecule has 1 fully saturated rings. The molecule has 0 bridgehead atoms. The topological polar surface area (TPSA) is 78.7 Å². The molecule has 28 heavy (non-hydrogen) atoms. The summed E-state index contributed by atoms with van der Waals surface area (Å²) in [6.07, 6.45) is 1.45. The first-order valence-corrected chi connectivity index (χ1v) is 10.7. The molecule has 1 saturated heterocycles. The first-order valence-electron chi connectivity index (χ1n) is 8.96. The maximum absolute atomic E-state index is 12.8. The molecule has 4 rings (SSSR count). The van der Waals surface area contributed by atoms with E-state index in [1.807, 2.05) is 11.8 Å². The average molecular weight is 417 g/mol. The van der Waals surface area contributed by atoms with Crippen molar-refractivity contribution >= 4 is 39.5 Å². The second kappa shape index (κ2) is 8.26. The van der Waals surface area contributed by atoms with Crippen molar-refractivity contribution in [3.8, 4) is 0 Å². The Labute approximate surface area is 170 Å². The van der Waals surface area contributed by atoms with Crippen molar-refractivity contribution in [1.29, 1.82) is 0 Å². The number of aromatic nitrogens is 1. The molecule has 1 aliphatic heterocycles. The largest absolute Gasteiger partial charge is 0.459 e. The number of amides is 2. The van der Waals surface area contributed by atoms with Crippen molar-refractivity contribution in [3.05, 3.63) is 57.2 Å². The Bertz CT molecular complexity index is 956. The number of furan rings is 1. The van der Waals surface area contributed by atoms with Crippen molar-refractivity contribution in [2.45, 2.75) is 13.5 Å². The third kappa shape index (κ3) is 4.32. The summed E-state index contributed by atoms with van der Waals surface area (Å²) >= 11 is 2.94. The smallest absolute Gasteiger partial charge is 0.291 e. The number of nitrogens with zero attached hydrogens (tertiary/aromatic N) is 3. The number of rotatable bonds is 5. The van der Waals surface area contributed by atoms with Crippen LogP contribution in [0.4, 0.5) is 5.00 Å². The zero-order chi connectivity index (χ0) is 19.5. The fourth-order valence-corrected chi connectivity index (χ4v) is 4.55. The average Bonchev–Trinajstić information content (AvgIpc) is 3.44. The van der Waals surface area contributed by atoms with Crippen LogP contribution >= 0.6 is 22.7 Å². The second-order valence-corrected chi connectivity index (χ2v) is 8.67. The number of hydrogen-bond donors (Lipinski definition) is 1. The summed E-state index contributed by atoms with van der Waals surface area (Å²) in [5, 5.41) is 6.56. The molecular formula is C19H20N4O3S2. The summed E-state index contributed by atoms with van der Waals surface area (Å²) < 4.78 is 5.08. The highest BCUT2D eigenvalue weighted by Crippen LogP contribution is 2.24. The fraction of sp³-hybridized carbons (Fsp3) is 0.316. The Kier molecular flexibility index (Phi) is 5.56. The maximum Gasteiger partial charge on any atom is 0.291 e. The zero-order valence-electron chi connectivity index (χ0n) is 15.4. The summed E-state index contributed by atoms with van der Waals surface area (Å²) in [6.45, 7) is 5.87. The van der Waals surface area contributed by atoms with Gasteiger partial charge in [0.05, 0.1) is 26.8 Å². The van der Waals surface area contributed by atoms with E-state index >= 15 is 0 Å². The highest BCUT2D eigenvalue weighted by molar-refractivity contribution is 7.18. The van der Waals surface area contributed by atoms with E-state index in [2.05, 4.69) is 20.6 Å².